The Morgan fingerprint density at radius 3 is 1.35 bits per heavy atom. The predicted molar refractivity (Wildman–Crippen MR) is 85.7 cm³/mol. The Bertz CT molecular complexity index is 451. The molecule has 8 nitrogen and oxygen atoms in total. The van der Waals surface area contributed by atoms with Crippen LogP contribution in [0.1, 0.15) is 40.5 Å². The molecule has 2 atom stereocenters. The van der Waals surface area contributed by atoms with E-state index in [1.54, 1.807) is 0 Å². The minimum Gasteiger partial charge on any atom is -0.468 e. The van der Waals surface area contributed by atoms with Crippen molar-refractivity contribution in [2.75, 3.05) is 14.2 Å². The number of nitrogens with one attached hydrogen (secondary N) is 2. The molecule has 0 fully saturated rings. The lowest BCUT2D eigenvalue weighted by molar-refractivity contribution is -0.143. The third-order valence-electron chi connectivity index (χ3n) is 2.98. The van der Waals surface area contributed by atoms with E-state index >= 15 is 0 Å². The Morgan fingerprint density at radius 2 is 1.13 bits per heavy atom. The average molecular weight is 352 g/mol. The van der Waals surface area contributed by atoms with Gasteiger partial charge in [-0.2, -0.15) is 17.9 Å². The van der Waals surface area contributed by atoms with E-state index in [0.29, 0.717) is 0 Å². The SMILES string of the molecule is COC(=O)C(CC(C)C)NS(=O)(=O)N[C@@H](CC(C)C)C(=O)OC. The number of ether oxygens (including phenoxy) is 2. The topological polar surface area (TPSA) is 111 Å². The summed E-state index contributed by atoms with van der Waals surface area (Å²) >= 11 is 0. The fourth-order valence-corrected chi connectivity index (χ4v) is 3.22. The first-order valence-corrected chi connectivity index (χ1v) is 8.95. The second kappa shape index (κ2) is 9.84. The molecule has 0 bridgehead atoms. The van der Waals surface area contributed by atoms with Crippen LogP contribution in [0.2, 0.25) is 0 Å². The molecule has 0 aliphatic rings. The van der Waals surface area contributed by atoms with Gasteiger partial charge in [0, 0.05) is 0 Å². The Labute approximate surface area is 138 Å². The Morgan fingerprint density at radius 1 is 0.826 bits per heavy atom. The summed E-state index contributed by atoms with van der Waals surface area (Å²) in [6.45, 7) is 7.42. The van der Waals surface area contributed by atoms with Crippen molar-refractivity contribution in [3.05, 3.63) is 0 Å². The number of rotatable bonds is 10. The van der Waals surface area contributed by atoms with E-state index in [4.69, 9.17) is 0 Å². The Balaban J connectivity index is 5.11. The van der Waals surface area contributed by atoms with Crippen LogP contribution >= 0.6 is 0 Å². The summed E-state index contributed by atoms with van der Waals surface area (Å²) in [5.74, 6) is -1.20. The van der Waals surface area contributed by atoms with Crippen molar-refractivity contribution in [3.63, 3.8) is 0 Å². The molecule has 0 aliphatic heterocycles. The van der Waals surface area contributed by atoms with Crippen LogP contribution in [0.5, 0.6) is 0 Å². The highest BCUT2D eigenvalue weighted by Crippen LogP contribution is 2.10. The third-order valence-corrected chi connectivity index (χ3v) is 4.17. The van der Waals surface area contributed by atoms with Crippen LogP contribution in [-0.4, -0.2) is 46.7 Å². The van der Waals surface area contributed by atoms with Gasteiger partial charge in [-0.3, -0.25) is 9.59 Å². The maximum Gasteiger partial charge on any atom is 0.323 e. The molecular formula is C14H28N2O6S. The fraction of sp³-hybridized carbons (Fsp3) is 0.857. The quantitative estimate of drug-likeness (QED) is 0.557. The van der Waals surface area contributed by atoms with Crippen LogP contribution in [-0.2, 0) is 29.3 Å². The highest BCUT2D eigenvalue weighted by molar-refractivity contribution is 7.87. The molecule has 0 rings (SSSR count). The van der Waals surface area contributed by atoms with Crippen LogP contribution < -0.4 is 9.44 Å². The van der Waals surface area contributed by atoms with Gasteiger partial charge in [-0.05, 0) is 24.7 Å². The van der Waals surface area contributed by atoms with Crippen LogP contribution in [0.4, 0.5) is 0 Å². The van der Waals surface area contributed by atoms with Gasteiger partial charge >= 0.3 is 11.9 Å². The summed E-state index contributed by atoms with van der Waals surface area (Å²) in [4.78, 5) is 23.4. The van der Waals surface area contributed by atoms with E-state index in [0.717, 1.165) is 0 Å². The van der Waals surface area contributed by atoms with E-state index in [1.807, 2.05) is 27.7 Å². The normalized spacial score (nSPS) is 14.6. The molecule has 0 spiro atoms. The number of methoxy groups -OCH3 is 2. The molecule has 0 aliphatic carbocycles. The summed E-state index contributed by atoms with van der Waals surface area (Å²) in [5.41, 5.74) is 0. The van der Waals surface area contributed by atoms with Crippen molar-refractivity contribution in [1.82, 2.24) is 9.44 Å². The van der Waals surface area contributed by atoms with Crippen LogP contribution in [0.15, 0.2) is 0 Å². The van der Waals surface area contributed by atoms with E-state index in [2.05, 4.69) is 18.9 Å². The lowest BCUT2D eigenvalue weighted by atomic mass is 10.1. The molecule has 2 N–H and O–H groups in total. The Hall–Kier alpha value is -1.19. The van der Waals surface area contributed by atoms with Crippen LogP contribution in [0.25, 0.3) is 0 Å². The zero-order chi connectivity index (χ0) is 18.2. The first-order chi connectivity index (χ1) is 10.5. The van der Waals surface area contributed by atoms with Gasteiger partial charge in [-0.15, -0.1) is 0 Å². The third kappa shape index (κ3) is 8.87. The molecule has 0 saturated carbocycles. The molecule has 0 amide bonds. The fourth-order valence-electron chi connectivity index (χ4n) is 2.02. The summed E-state index contributed by atoms with van der Waals surface area (Å²) in [6, 6.07) is -2.04. The molecule has 23 heavy (non-hydrogen) atoms. The summed E-state index contributed by atoms with van der Waals surface area (Å²) in [7, 11) is -1.71. The molecule has 0 aromatic heterocycles. The van der Waals surface area contributed by atoms with Crippen molar-refractivity contribution < 1.29 is 27.5 Å². The molecule has 1 unspecified atom stereocenters. The molecule has 0 heterocycles. The van der Waals surface area contributed by atoms with Crippen molar-refractivity contribution in [1.29, 1.82) is 0 Å². The number of esters is 2. The van der Waals surface area contributed by atoms with Gasteiger partial charge in [-0.1, -0.05) is 27.7 Å². The molecule has 136 valence electrons. The zero-order valence-electron chi connectivity index (χ0n) is 14.6. The van der Waals surface area contributed by atoms with E-state index in [9.17, 15) is 18.0 Å². The van der Waals surface area contributed by atoms with Crippen molar-refractivity contribution in [2.24, 2.45) is 11.8 Å². The molecule has 0 aromatic carbocycles. The first kappa shape index (κ1) is 21.8. The zero-order valence-corrected chi connectivity index (χ0v) is 15.4. The van der Waals surface area contributed by atoms with Gasteiger partial charge in [0.15, 0.2) is 0 Å². The van der Waals surface area contributed by atoms with E-state index < -0.39 is 34.2 Å². The molecule has 0 radical (unpaired) electrons. The van der Waals surface area contributed by atoms with Gasteiger partial charge in [0.2, 0.25) is 0 Å². The smallest absolute Gasteiger partial charge is 0.323 e. The van der Waals surface area contributed by atoms with Crippen LogP contribution in [0.3, 0.4) is 0 Å². The van der Waals surface area contributed by atoms with Gasteiger partial charge < -0.3 is 9.47 Å². The maximum absolute atomic E-state index is 12.2. The van der Waals surface area contributed by atoms with Gasteiger partial charge in [-0.25, -0.2) is 0 Å². The number of carbonyl (C=O) groups excluding carboxylic acids is 2. The molecule has 0 aromatic rings. The monoisotopic (exact) mass is 352 g/mol. The van der Waals surface area contributed by atoms with Crippen molar-refractivity contribution in [3.8, 4) is 0 Å². The summed E-state index contributed by atoms with van der Waals surface area (Å²) in [5, 5.41) is 0. The number of hydrogen-bond donors (Lipinski definition) is 2. The largest absolute Gasteiger partial charge is 0.468 e. The summed E-state index contributed by atoms with van der Waals surface area (Å²) in [6.07, 6.45) is 0.557. The molecule has 0 saturated heterocycles. The minimum atomic E-state index is -4.08. The van der Waals surface area contributed by atoms with Gasteiger partial charge in [0.25, 0.3) is 10.2 Å². The summed E-state index contributed by atoms with van der Waals surface area (Å²) < 4.78 is 38.1. The van der Waals surface area contributed by atoms with Crippen molar-refractivity contribution >= 4 is 22.1 Å². The van der Waals surface area contributed by atoms with Crippen LogP contribution in [0, 0.1) is 11.8 Å². The highest BCUT2D eigenvalue weighted by Gasteiger charge is 2.30. The minimum absolute atomic E-state index is 0.0777. The van der Waals surface area contributed by atoms with E-state index in [-0.39, 0.29) is 24.7 Å². The second-order valence-corrected chi connectivity index (χ2v) is 7.63. The number of hydrogen-bond acceptors (Lipinski definition) is 6. The van der Waals surface area contributed by atoms with Gasteiger partial charge in [0.05, 0.1) is 14.2 Å². The molecule has 9 heteroatoms. The standard InChI is InChI=1S/C14H28N2O6S/c1-9(2)7-11(13(17)21-5)15-23(19,20)16-12(8-10(3)4)14(18)22-6/h9-12,15-16H,7-8H2,1-6H3/t11-,12?/m0/s1. The average Bonchev–Trinajstić information content (AvgIpc) is 2.42. The van der Waals surface area contributed by atoms with Gasteiger partial charge in [0.1, 0.15) is 12.1 Å². The Kier molecular flexibility index (Phi) is 9.33. The first-order valence-electron chi connectivity index (χ1n) is 7.47. The predicted octanol–water partition coefficient (Wildman–Crippen LogP) is 0.586. The molecular weight excluding hydrogens is 324 g/mol. The second-order valence-electron chi connectivity index (χ2n) is 6.15. The lowest BCUT2D eigenvalue weighted by Gasteiger charge is -2.22. The highest BCUT2D eigenvalue weighted by atomic mass is 32.2. The maximum atomic E-state index is 12.2. The lowest BCUT2D eigenvalue weighted by Crippen LogP contribution is -2.52. The van der Waals surface area contributed by atoms with E-state index in [1.165, 1.54) is 14.2 Å². The van der Waals surface area contributed by atoms with Crippen molar-refractivity contribution in [2.45, 2.75) is 52.6 Å². The number of carbonyl (C=O) groups is 2.